The molecule has 0 unspecified atom stereocenters. The fraction of sp³-hybridized carbons (Fsp3) is 0.767. The summed E-state index contributed by atoms with van der Waals surface area (Å²) >= 11 is 0. The standard InChI is InChI=1S/C30H46O11/c1-8-10-11-12-13-14-20(33)38-24-22-21(17(4)23(24)39-26(34)16(3)9-2)25-30(37,29(7,36)27(35)40-25)19(32)15-28(22,6)41-18(5)31/h9,19,22-25,27,32,35-37H,8,10-15H2,1-7H3/b16-9-/t19-,22+,23-,24-,25-,27-,28-,29+,30+/m0/s1. The summed E-state index contributed by atoms with van der Waals surface area (Å²) in [5.74, 6) is -2.98. The zero-order valence-electron chi connectivity index (χ0n) is 25.1. The molecule has 41 heavy (non-hydrogen) atoms. The molecule has 0 spiro atoms. The Hall–Kier alpha value is -2.31. The number of rotatable bonds is 10. The van der Waals surface area contributed by atoms with Crippen molar-refractivity contribution in [1.82, 2.24) is 0 Å². The lowest BCUT2D eigenvalue weighted by atomic mass is 9.75. The normalized spacial score (nSPS) is 38.7. The second kappa shape index (κ2) is 12.5. The monoisotopic (exact) mass is 582 g/mol. The molecule has 3 rings (SSSR count). The van der Waals surface area contributed by atoms with Crippen molar-refractivity contribution in [2.75, 3.05) is 0 Å². The number of carbonyl (C=O) groups is 3. The predicted molar refractivity (Wildman–Crippen MR) is 146 cm³/mol. The van der Waals surface area contributed by atoms with Gasteiger partial charge in [-0.05, 0) is 52.2 Å². The highest BCUT2D eigenvalue weighted by atomic mass is 16.7. The van der Waals surface area contributed by atoms with Crippen LogP contribution in [0.5, 0.6) is 0 Å². The number of fused-ring (bicyclic) bond motifs is 3. The van der Waals surface area contributed by atoms with Crippen LogP contribution in [0.2, 0.25) is 0 Å². The Balaban J connectivity index is 2.14. The minimum absolute atomic E-state index is 0.111. The number of hydrogen-bond acceptors (Lipinski definition) is 11. The molecule has 0 bridgehead atoms. The highest BCUT2D eigenvalue weighted by molar-refractivity contribution is 5.88. The lowest BCUT2D eigenvalue weighted by molar-refractivity contribution is -0.219. The Kier molecular flexibility index (Phi) is 10.1. The molecular weight excluding hydrogens is 536 g/mol. The van der Waals surface area contributed by atoms with Crippen molar-refractivity contribution < 1.29 is 53.8 Å². The van der Waals surface area contributed by atoms with Crippen LogP contribution in [0.1, 0.15) is 93.4 Å². The maximum atomic E-state index is 13.2. The van der Waals surface area contributed by atoms with E-state index < -0.39 is 77.8 Å². The van der Waals surface area contributed by atoms with E-state index in [4.69, 9.17) is 18.9 Å². The van der Waals surface area contributed by atoms with Crippen molar-refractivity contribution in [3.8, 4) is 0 Å². The largest absolute Gasteiger partial charge is 0.459 e. The number of allylic oxidation sites excluding steroid dienone is 1. The second-order valence-electron chi connectivity index (χ2n) is 12.0. The van der Waals surface area contributed by atoms with E-state index in [2.05, 4.69) is 6.92 Å². The van der Waals surface area contributed by atoms with Crippen molar-refractivity contribution >= 4 is 17.9 Å². The van der Waals surface area contributed by atoms with Gasteiger partial charge in [-0.1, -0.05) is 38.7 Å². The Morgan fingerprint density at radius 3 is 2.27 bits per heavy atom. The van der Waals surface area contributed by atoms with Gasteiger partial charge in [0.25, 0.3) is 0 Å². The van der Waals surface area contributed by atoms with Crippen LogP contribution in [0.3, 0.4) is 0 Å². The van der Waals surface area contributed by atoms with E-state index in [1.807, 2.05) is 0 Å². The molecule has 2 fully saturated rings. The van der Waals surface area contributed by atoms with Crippen molar-refractivity contribution in [2.45, 2.75) is 141 Å². The van der Waals surface area contributed by atoms with Gasteiger partial charge in [0.2, 0.25) is 0 Å². The zero-order chi connectivity index (χ0) is 30.9. The van der Waals surface area contributed by atoms with E-state index in [1.165, 1.54) is 13.8 Å². The van der Waals surface area contributed by atoms with Gasteiger partial charge >= 0.3 is 17.9 Å². The van der Waals surface area contributed by atoms with E-state index in [-0.39, 0.29) is 12.0 Å². The summed E-state index contributed by atoms with van der Waals surface area (Å²) in [6.07, 6.45) is -1.72. The molecule has 9 atom stereocenters. The van der Waals surface area contributed by atoms with Gasteiger partial charge in [-0.3, -0.25) is 9.59 Å². The van der Waals surface area contributed by atoms with Crippen LogP contribution in [-0.2, 0) is 33.3 Å². The Bertz CT molecular complexity index is 1080. The number of aliphatic hydroxyl groups is 4. The fourth-order valence-corrected chi connectivity index (χ4v) is 6.50. The molecule has 1 saturated heterocycles. The molecule has 0 amide bonds. The summed E-state index contributed by atoms with van der Waals surface area (Å²) in [4.78, 5) is 38.5. The minimum atomic E-state index is -2.45. The fourth-order valence-electron chi connectivity index (χ4n) is 6.50. The Morgan fingerprint density at radius 2 is 1.68 bits per heavy atom. The molecule has 11 nitrogen and oxygen atoms in total. The van der Waals surface area contributed by atoms with Crippen LogP contribution in [0.4, 0.5) is 0 Å². The summed E-state index contributed by atoms with van der Waals surface area (Å²) in [6.45, 7) is 10.8. The van der Waals surface area contributed by atoms with E-state index in [0.717, 1.165) is 32.6 Å². The maximum Gasteiger partial charge on any atom is 0.334 e. The van der Waals surface area contributed by atoms with Crippen LogP contribution in [0.25, 0.3) is 0 Å². The molecule has 1 aliphatic heterocycles. The molecule has 4 N–H and O–H groups in total. The number of ether oxygens (including phenoxy) is 4. The molecular formula is C30H46O11. The van der Waals surface area contributed by atoms with Crippen molar-refractivity contribution in [1.29, 1.82) is 0 Å². The third-order valence-corrected chi connectivity index (χ3v) is 8.97. The molecule has 0 aromatic rings. The Labute approximate surface area is 241 Å². The van der Waals surface area contributed by atoms with Crippen LogP contribution >= 0.6 is 0 Å². The van der Waals surface area contributed by atoms with Gasteiger partial charge in [0.15, 0.2) is 24.1 Å². The average molecular weight is 583 g/mol. The van der Waals surface area contributed by atoms with E-state index >= 15 is 0 Å². The molecule has 1 heterocycles. The lowest BCUT2D eigenvalue weighted by Crippen LogP contribution is -2.64. The summed E-state index contributed by atoms with van der Waals surface area (Å²) < 4.78 is 23.3. The van der Waals surface area contributed by atoms with Crippen LogP contribution in [0.15, 0.2) is 22.8 Å². The minimum Gasteiger partial charge on any atom is -0.459 e. The smallest absolute Gasteiger partial charge is 0.334 e. The quantitative estimate of drug-likeness (QED) is 0.0981. The third-order valence-electron chi connectivity index (χ3n) is 8.97. The summed E-state index contributed by atoms with van der Waals surface area (Å²) in [7, 11) is 0. The van der Waals surface area contributed by atoms with Crippen molar-refractivity contribution in [2.24, 2.45) is 5.92 Å². The maximum absolute atomic E-state index is 13.2. The molecule has 0 aromatic carbocycles. The molecule has 0 aromatic heterocycles. The summed E-state index contributed by atoms with van der Waals surface area (Å²) in [6, 6.07) is 0. The first-order chi connectivity index (χ1) is 19.1. The number of aliphatic hydroxyl groups excluding tert-OH is 2. The molecule has 0 radical (unpaired) electrons. The number of hydrogen-bond donors (Lipinski definition) is 4. The average Bonchev–Trinajstić information content (AvgIpc) is 3.22. The van der Waals surface area contributed by atoms with Crippen LogP contribution in [0, 0.1) is 5.92 Å². The highest BCUT2D eigenvalue weighted by Gasteiger charge is 2.73. The van der Waals surface area contributed by atoms with Crippen molar-refractivity contribution in [3.63, 3.8) is 0 Å². The number of unbranched alkanes of at least 4 members (excludes halogenated alkanes) is 4. The van der Waals surface area contributed by atoms with Crippen LogP contribution in [-0.4, -0.2) is 85.8 Å². The molecule has 11 heteroatoms. The number of carbonyl (C=O) groups excluding carboxylic acids is 3. The zero-order valence-corrected chi connectivity index (χ0v) is 25.1. The SMILES string of the molecule is C/C=C(/C)C(=O)O[C@H]1C(C)=C2[C@H]([C@@H]1OC(=O)CCCCCCC)[C@@](C)(OC(C)=O)C[C@H](O)[C@@]1(O)[C@H]2O[C@H](O)[C@@]1(C)O. The van der Waals surface area contributed by atoms with E-state index in [1.54, 1.807) is 26.8 Å². The number of esters is 3. The van der Waals surface area contributed by atoms with Gasteiger partial charge in [0.1, 0.15) is 17.3 Å². The second-order valence-corrected chi connectivity index (χ2v) is 12.0. The lowest BCUT2D eigenvalue weighted by Gasteiger charge is -2.41. The Morgan fingerprint density at radius 1 is 1.05 bits per heavy atom. The summed E-state index contributed by atoms with van der Waals surface area (Å²) in [5, 5.41) is 44.9. The molecule has 3 aliphatic rings. The van der Waals surface area contributed by atoms with Crippen LogP contribution < -0.4 is 0 Å². The first kappa shape index (κ1) is 33.2. The first-order valence-electron chi connectivity index (χ1n) is 14.5. The molecule has 2 aliphatic carbocycles. The molecule has 232 valence electrons. The van der Waals surface area contributed by atoms with Gasteiger partial charge in [-0.25, -0.2) is 4.79 Å². The highest BCUT2D eigenvalue weighted by Crippen LogP contribution is 2.57. The van der Waals surface area contributed by atoms with Gasteiger partial charge in [0.05, 0.1) is 12.0 Å². The summed E-state index contributed by atoms with van der Waals surface area (Å²) in [5.41, 5.74) is -5.55. The third kappa shape index (κ3) is 5.97. The molecule has 1 saturated carbocycles. The van der Waals surface area contributed by atoms with E-state index in [9.17, 15) is 34.8 Å². The van der Waals surface area contributed by atoms with Gasteiger partial charge < -0.3 is 39.4 Å². The van der Waals surface area contributed by atoms with Gasteiger partial charge in [0, 0.05) is 25.3 Å². The first-order valence-corrected chi connectivity index (χ1v) is 14.5. The van der Waals surface area contributed by atoms with Gasteiger partial charge in [-0.2, -0.15) is 0 Å². The van der Waals surface area contributed by atoms with Gasteiger partial charge in [-0.15, -0.1) is 0 Å². The predicted octanol–water partition coefficient (Wildman–Crippen LogP) is 2.37. The van der Waals surface area contributed by atoms with Crippen molar-refractivity contribution in [3.05, 3.63) is 22.8 Å². The van der Waals surface area contributed by atoms with E-state index in [0.29, 0.717) is 17.6 Å². The topological polar surface area (TPSA) is 169 Å².